The summed E-state index contributed by atoms with van der Waals surface area (Å²) < 4.78 is 39.0. The molecule has 37 heavy (non-hydrogen) atoms. The van der Waals surface area contributed by atoms with E-state index < -0.39 is 22.5 Å². The Labute approximate surface area is 222 Å². The molecule has 0 saturated carbocycles. The van der Waals surface area contributed by atoms with Crippen molar-refractivity contribution < 1.29 is 22.7 Å². The quantitative estimate of drug-likeness (QED) is 0.252. The van der Waals surface area contributed by atoms with Crippen molar-refractivity contribution >= 4 is 39.4 Å². The van der Waals surface area contributed by atoms with Crippen LogP contribution in [0.5, 0.6) is 11.5 Å². The number of benzene rings is 3. The number of carbonyl (C=O) groups is 1. The molecule has 3 aromatic carbocycles. The lowest BCUT2D eigenvalue weighted by molar-refractivity contribution is -0.119. The molecule has 10 heteroatoms. The van der Waals surface area contributed by atoms with E-state index in [4.69, 9.17) is 21.1 Å². The molecule has 0 aliphatic carbocycles. The Balaban J connectivity index is 1.74. The summed E-state index contributed by atoms with van der Waals surface area (Å²) in [5, 5.41) is 4.37. The first kappa shape index (κ1) is 28.0. The van der Waals surface area contributed by atoms with Crippen molar-refractivity contribution in [2.45, 2.75) is 25.7 Å². The maximum atomic E-state index is 13.4. The Kier molecular flexibility index (Phi) is 9.93. The SMILES string of the molecule is CCOc1ccc(N(CC(=O)N/N=C\c2ccc(OCC(C)C)cc2)S(=O)(=O)c2ccc(Cl)cc2)cc1. The van der Waals surface area contributed by atoms with Crippen molar-refractivity contribution in [3.63, 3.8) is 0 Å². The highest BCUT2D eigenvalue weighted by atomic mass is 35.5. The average Bonchev–Trinajstić information content (AvgIpc) is 2.88. The molecule has 0 aliphatic heterocycles. The van der Waals surface area contributed by atoms with Gasteiger partial charge in [-0.15, -0.1) is 0 Å². The summed E-state index contributed by atoms with van der Waals surface area (Å²) in [7, 11) is -4.08. The summed E-state index contributed by atoms with van der Waals surface area (Å²) in [6.07, 6.45) is 1.47. The van der Waals surface area contributed by atoms with Crippen LogP contribution < -0.4 is 19.2 Å². The van der Waals surface area contributed by atoms with Gasteiger partial charge in [-0.2, -0.15) is 5.10 Å². The van der Waals surface area contributed by atoms with Crippen molar-refractivity contribution in [3.8, 4) is 11.5 Å². The van der Waals surface area contributed by atoms with E-state index in [1.165, 1.54) is 30.5 Å². The molecule has 0 aliphatic rings. The van der Waals surface area contributed by atoms with E-state index in [9.17, 15) is 13.2 Å². The standard InChI is InChI=1S/C27H30ClN3O5S/c1-4-35-24-13-9-23(10-14-24)31(37(33,34)26-15-7-22(28)8-16-26)18-27(32)30-29-17-21-5-11-25(12-6-21)36-19-20(2)3/h5-17,20H,4,18-19H2,1-3H3,(H,30,32)/b29-17-. The molecule has 0 aromatic heterocycles. The van der Waals surface area contributed by atoms with E-state index in [-0.39, 0.29) is 4.90 Å². The molecular formula is C27H30ClN3O5S. The lowest BCUT2D eigenvalue weighted by Crippen LogP contribution is -2.39. The molecule has 1 amide bonds. The van der Waals surface area contributed by atoms with Crippen molar-refractivity contribution in [1.82, 2.24) is 5.43 Å². The van der Waals surface area contributed by atoms with Crippen LogP contribution in [0.3, 0.4) is 0 Å². The number of anilines is 1. The minimum Gasteiger partial charge on any atom is -0.494 e. The lowest BCUT2D eigenvalue weighted by atomic mass is 10.2. The van der Waals surface area contributed by atoms with Gasteiger partial charge in [0.1, 0.15) is 18.0 Å². The van der Waals surface area contributed by atoms with E-state index in [1.54, 1.807) is 24.3 Å². The monoisotopic (exact) mass is 543 g/mol. The largest absolute Gasteiger partial charge is 0.494 e. The maximum absolute atomic E-state index is 13.4. The highest BCUT2D eigenvalue weighted by Gasteiger charge is 2.27. The number of hydrogen-bond donors (Lipinski definition) is 1. The van der Waals surface area contributed by atoms with Crippen LogP contribution in [0.15, 0.2) is 82.8 Å². The van der Waals surface area contributed by atoms with Crippen LogP contribution in [0.2, 0.25) is 5.02 Å². The number of nitrogens with zero attached hydrogens (tertiary/aromatic N) is 2. The normalized spacial score (nSPS) is 11.5. The molecule has 0 saturated heterocycles. The van der Waals surface area contributed by atoms with Gasteiger partial charge in [-0.1, -0.05) is 25.4 Å². The van der Waals surface area contributed by atoms with Gasteiger partial charge in [0.25, 0.3) is 15.9 Å². The minimum absolute atomic E-state index is 0.00172. The summed E-state index contributed by atoms with van der Waals surface area (Å²) in [6.45, 7) is 6.60. The van der Waals surface area contributed by atoms with Crippen molar-refractivity contribution in [3.05, 3.63) is 83.4 Å². The van der Waals surface area contributed by atoms with Crippen LogP contribution in [-0.4, -0.2) is 40.3 Å². The highest BCUT2D eigenvalue weighted by molar-refractivity contribution is 7.92. The maximum Gasteiger partial charge on any atom is 0.264 e. The van der Waals surface area contributed by atoms with Crippen molar-refractivity contribution in [2.75, 3.05) is 24.1 Å². The number of hydrazone groups is 1. The number of carbonyl (C=O) groups excluding carboxylic acids is 1. The van der Waals surface area contributed by atoms with Crippen LogP contribution in [0.1, 0.15) is 26.3 Å². The second-order valence-corrected chi connectivity index (χ2v) is 10.8. The number of halogens is 1. The zero-order valence-corrected chi connectivity index (χ0v) is 22.5. The Morgan fingerprint density at radius 2 is 1.57 bits per heavy atom. The van der Waals surface area contributed by atoms with Gasteiger partial charge in [-0.3, -0.25) is 9.10 Å². The second-order valence-electron chi connectivity index (χ2n) is 8.46. The molecule has 0 spiro atoms. The zero-order valence-electron chi connectivity index (χ0n) is 20.9. The van der Waals surface area contributed by atoms with Gasteiger partial charge in [-0.25, -0.2) is 13.8 Å². The Bertz CT molecular complexity index is 1290. The van der Waals surface area contributed by atoms with Gasteiger partial charge in [0.15, 0.2) is 0 Å². The van der Waals surface area contributed by atoms with Gasteiger partial charge in [0.05, 0.1) is 30.0 Å². The predicted molar refractivity (Wildman–Crippen MR) is 146 cm³/mol. The fourth-order valence-corrected chi connectivity index (χ4v) is 4.73. The van der Waals surface area contributed by atoms with Gasteiger partial charge in [-0.05, 0) is 91.2 Å². The van der Waals surface area contributed by atoms with E-state index in [0.29, 0.717) is 35.6 Å². The van der Waals surface area contributed by atoms with Crippen LogP contribution in [0.4, 0.5) is 5.69 Å². The van der Waals surface area contributed by atoms with Gasteiger partial charge in [0.2, 0.25) is 0 Å². The first-order valence-corrected chi connectivity index (χ1v) is 13.6. The molecule has 3 rings (SSSR count). The number of hydrogen-bond acceptors (Lipinski definition) is 6. The molecule has 0 atom stereocenters. The van der Waals surface area contributed by atoms with E-state index >= 15 is 0 Å². The van der Waals surface area contributed by atoms with E-state index in [1.807, 2.05) is 31.2 Å². The molecule has 0 heterocycles. The molecule has 196 valence electrons. The van der Waals surface area contributed by atoms with Crippen LogP contribution in [-0.2, 0) is 14.8 Å². The molecular weight excluding hydrogens is 514 g/mol. The Hall–Kier alpha value is -3.56. The average molecular weight is 544 g/mol. The molecule has 0 fully saturated rings. The summed E-state index contributed by atoms with van der Waals surface area (Å²) in [4.78, 5) is 12.7. The number of nitrogens with one attached hydrogen (secondary N) is 1. The Morgan fingerprint density at radius 3 is 2.16 bits per heavy atom. The molecule has 0 unspecified atom stereocenters. The van der Waals surface area contributed by atoms with Gasteiger partial charge in [0, 0.05) is 5.02 Å². The summed E-state index contributed by atoms with van der Waals surface area (Å²) in [5.41, 5.74) is 3.44. The van der Waals surface area contributed by atoms with Gasteiger partial charge < -0.3 is 9.47 Å². The molecule has 1 N–H and O–H groups in total. The lowest BCUT2D eigenvalue weighted by Gasteiger charge is -2.24. The third kappa shape index (κ3) is 8.23. The predicted octanol–water partition coefficient (Wildman–Crippen LogP) is 5.12. The zero-order chi connectivity index (χ0) is 26.8. The van der Waals surface area contributed by atoms with E-state index in [2.05, 4.69) is 24.4 Å². The number of amides is 1. The third-order valence-electron chi connectivity index (χ3n) is 4.99. The third-order valence-corrected chi connectivity index (χ3v) is 7.03. The summed E-state index contributed by atoms with van der Waals surface area (Å²) >= 11 is 5.92. The first-order valence-electron chi connectivity index (χ1n) is 11.7. The molecule has 0 radical (unpaired) electrons. The molecule has 0 bridgehead atoms. The summed E-state index contributed by atoms with van der Waals surface area (Å²) in [5.74, 6) is 1.14. The number of sulfonamides is 1. The number of rotatable bonds is 12. The van der Waals surface area contributed by atoms with Crippen LogP contribution >= 0.6 is 11.6 Å². The fraction of sp³-hybridized carbons (Fsp3) is 0.259. The molecule has 3 aromatic rings. The van der Waals surface area contributed by atoms with Gasteiger partial charge >= 0.3 is 0 Å². The Morgan fingerprint density at radius 1 is 0.973 bits per heavy atom. The van der Waals surface area contributed by atoms with Crippen molar-refractivity contribution in [1.29, 1.82) is 0 Å². The summed E-state index contributed by atoms with van der Waals surface area (Å²) in [6, 6.07) is 19.5. The number of ether oxygens (including phenoxy) is 2. The van der Waals surface area contributed by atoms with Crippen molar-refractivity contribution in [2.24, 2.45) is 11.0 Å². The second kappa shape index (κ2) is 13.1. The van der Waals surface area contributed by atoms with Crippen LogP contribution in [0, 0.1) is 5.92 Å². The minimum atomic E-state index is -4.08. The smallest absolute Gasteiger partial charge is 0.264 e. The van der Waals surface area contributed by atoms with E-state index in [0.717, 1.165) is 15.6 Å². The first-order chi connectivity index (χ1) is 17.7. The topological polar surface area (TPSA) is 97.3 Å². The highest BCUT2D eigenvalue weighted by Crippen LogP contribution is 2.26. The fourth-order valence-electron chi connectivity index (χ4n) is 3.18. The van der Waals surface area contributed by atoms with Crippen LogP contribution in [0.25, 0.3) is 0 Å². The molecule has 8 nitrogen and oxygen atoms in total.